The topological polar surface area (TPSA) is 81.0 Å². The summed E-state index contributed by atoms with van der Waals surface area (Å²) >= 11 is 0. The zero-order valence-corrected chi connectivity index (χ0v) is 21.0. The fourth-order valence-corrected chi connectivity index (χ4v) is 4.07. The van der Waals surface area contributed by atoms with Gasteiger partial charge >= 0.3 is 12.1 Å². The van der Waals surface area contributed by atoms with E-state index in [0.29, 0.717) is 22.3 Å². The molecule has 198 valence electrons. The second kappa shape index (κ2) is 10.1. The van der Waals surface area contributed by atoms with Crippen LogP contribution in [-0.2, 0) is 11.0 Å². The highest BCUT2D eigenvalue weighted by atomic mass is 19.4. The highest BCUT2D eigenvalue weighted by Crippen LogP contribution is 2.39. The number of hydrogen-bond acceptors (Lipinski definition) is 4. The molecular formula is C28H25F3N2O5. The van der Waals surface area contributed by atoms with Gasteiger partial charge in [0.05, 0.1) is 22.9 Å². The number of amides is 1. The number of benzene rings is 3. The van der Waals surface area contributed by atoms with Gasteiger partial charge in [-0.3, -0.25) is 4.79 Å². The number of aromatic nitrogens is 1. The maximum absolute atomic E-state index is 12.9. The van der Waals surface area contributed by atoms with Crippen LogP contribution in [0.5, 0.6) is 17.2 Å². The van der Waals surface area contributed by atoms with Gasteiger partial charge in [-0.05, 0) is 80.6 Å². The predicted octanol–water partition coefficient (Wildman–Crippen LogP) is 6.91. The minimum Gasteiger partial charge on any atom is -0.491 e. The number of nitrogens with zero attached hydrogens (tertiary/aromatic N) is 2. The molecule has 1 N–H and O–H groups in total. The van der Waals surface area contributed by atoms with E-state index in [2.05, 4.69) is 0 Å². The van der Waals surface area contributed by atoms with Gasteiger partial charge in [0.15, 0.2) is 5.69 Å². The Labute approximate surface area is 216 Å². The van der Waals surface area contributed by atoms with Crippen LogP contribution in [0.4, 0.5) is 18.9 Å². The first-order valence-electron chi connectivity index (χ1n) is 11.6. The molecule has 0 spiro atoms. The summed E-state index contributed by atoms with van der Waals surface area (Å²) in [7, 11) is 1.47. The van der Waals surface area contributed by atoms with Crippen LogP contribution in [0.3, 0.4) is 0 Å². The van der Waals surface area contributed by atoms with Crippen molar-refractivity contribution in [3.05, 3.63) is 78.0 Å². The van der Waals surface area contributed by atoms with Crippen LogP contribution in [0.25, 0.3) is 16.6 Å². The van der Waals surface area contributed by atoms with E-state index in [1.165, 1.54) is 35.6 Å². The molecule has 1 heterocycles. The van der Waals surface area contributed by atoms with Crippen molar-refractivity contribution in [1.82, 2.24) is 4.57 Å². The van der Waals surface area contributed by atoms with Gasteiger partial charge in [-0.1, -0.05) is 0 Å². The van der Waals surface area contributed by atoms with Crippen LogP contribution >= 0.6 is 0 Å². The van der Waals surface area contributed by atoms with Crippen molar-refractivity contribution < 1.29 is 37.3 Å². The molecule has 0 aliphatic carbocycles. The average molecular weight is 527 g/mol. The molecule has 7 nitrogen and oxygen atoms in total. The van der Waals surface area contributed by atoms with Crippen molar-refractivity contribution in [3.63, 3.8) is 0 Å². The molecule has 4 rings (SSSR count). The number of hydrogen-bond donors (Lipinski definition) is 1. The Hall–Kier alpha value is -4.47. The molecule has 38 heavy (non-hydrogen) atoms. The number of fused-ring (bicyclic) bond motifs is 1. The van der Waals surface area contributed by atoms with E-state index in [-0.39, 0.29) is 34.9 Å². The standard InChI is InChI=1S/C28H25F3N2O5/c1-16(2)37-20-11-7-19(8-12-20)33-24-14-13-22(38-21-9-5-18(6-10-21)28(29,30)31)15-23(24)25(26(33)27(35)36)32(4)17(3)34/h5-16H,1-4H3,(H,35,36). The van der Waals surface area contributed by atoms with E-state index in [0.717, 1.165) is 12.1 Å². The average Bonchev–Trinajstić information content (AvgIpc) is 3.18. The second-order valence-corrected chi connectivity index (χ2v) is 8.88. The summed E-state index contributed by atoms with van der Waals surface area (Å²) in [5.74, 6) is -0.605. The molecule has 0 atom stereocenters. The normalized spacial score (nSPS) is 11.6. The number of carbonyl (C=O) groups is 2. The summed E-state index contributed by atoms with van der Waals surface area (Å²) in [6.45, 7) is 5.10. The van der Waals surface area contributed by atoms with Gasteiger partial charge in [0.25, 0.3) is 0 Å². The molecule has 0 saturated heterocycles. The second-order valence-electron chi connectivity index (χ2n) is 8.88. The maximum Gasteiger partial charge on any atom is 0.416 e. The molecule has 0 aliphatic rings. The number of ether oxygens (including phenoxy) is 2. The molecule has 0 bridgehead atoms. The number of alkyl halides is 3. The Morgan fingerprint density at radius 2 is 1.50 bits per heavy atom. The van der Waals surface area contributed by atoms with Crippen LogP contribution in [0.15, 0.2) is 66.7 Å². The number of halogens is 3. The predicted molar refractivity (Wildman–Crippen MR) is 137 cm³/mol. The summed E-state index contributed by atoms with van der Waals surface area (Å²) in [5.41, 5.74) is 0.229. The van der Waals surface area contributed by atoms with E-state index in [4.69, 9.17) is 9.47 Å². The van der Waals surface area contributed by atoms with Gasteiger partial charge in [-0.15, -0.1) is 0 Å². The van der Waals surface area contributed by atoms with E-state index < -0.39 is 17.7 Å². The third-order valence-electron chi connectivity index (χ3n) is 5.81. The van der Waals surface area contributed by atoms with Crippen LogP contribution < -0.4 is 14.4 Å². The Morgan fingerprint density at radius 3 is 2.03 bits per heavy atom. The molecule has 0 aliphatic heterocycles. The lowest BCUT2D eigenvalue weighted by Crippen LogP contribution is -2.25. The first kappa shape index (κ1) is 26.6. The van der Waals surface area contributed by atoms with Gasteiger partial charge < -0.3 is 24.0 Å². The molecule has 1 aromatic heterocycles. The monoisotopic (exact) mass is 526 g/mol. The summed E-state index contributed by atoms with van der Waals surface area (Å²) in [6.07, 6.45) is -4.51. The summed E-state index contributed by atoms with van der Waals surface area (Å²) < 4.78 is 51.7. The first-order chi connectivity index (χ1) is 17.9. The third kappa shape index (κ3) is 5.29. The van der Waals surface area contributed by atoms with Crippen molar-refractivity contribution in [2.75, 3.05) is 11.9 Å². The van der Waals surface area contributed by atoms with Gasteiger partial charge in [-0.25, -0.2) is 4.79 Å². The Bertz CT molecular complexity index is 1490. The van der Waals surface area contributed by atoms with Crippen molar-refractivity contribution in [3.8, 4) is 22.9 Å². The number of carboxylic acid groups (broad SMARTS) is 1. The molecule has 0 saturated carbocycles. The number of rotatable bonds is 7. The largest absolute Gasteiger partial charge is 0.491 e. The first-order valence-corrected chi connectivity index (χ1v) is 11.6. The molecule has 0 unspecified atom stereocenters. The fraction of sp³-hybridized carbons (Fsp3) is 0.214. The number of anilines is 1. The van der Waals surface area contributed by atoms with Crippen molar-refractivity contribution >= 4 is 28.5 Å². The van der Waals surface area contributed by atoms with Gasteiger partial charge in [-0.2, -0.15) is 13.2 Å². The minimum atomic E-state index is -4.47. The Kier molecular flexibility index (Phi) is 7.08. The van der Waals surface area contributed by atoms with Crippen molar-refractivity contribution in [1.29, 1.82) is 0 Å². The molecule has 10 heteroatoms. The maximum atomic E-state index is 12.9. The van der Waals surface area contributed by atoms with Crippen molar-refractivity contribution in [2.24, 2.45) is 0 Å². The van der Waals surface area contributed by atoms with Crippen molar-refractivity contribution in [2.45, 2.75) is 33.1 Å². The molecular weight excluding hydrogens is 501 g/mol. The quantitative estimate of drug-likeness (QED) is 0.283. The van der Waals surface area contributed by atoms with Crippen LogP contribution in [0.1, 0.15) is 36.8 Å². The summed E-state index contributed by atoms with van der Waals surface area (Å²) in [5, 5.41) is 10.6. The molecule has 0 radical (unpaired) electrons. The SMILES string of the molecule is CC(=O)N(C)c1c(C(=O)O)n(-c2ccc(OC(C)C)cc2)c2ccc(Oc3ccc(C(F)(F)F)cc3)cc12. The number of carboxylic acids is 1. The van der Waals surface area contributed by atoms with E-state index in [1.807, 2.05) is 13.8 Å². The van der Waals surface area contributed by atoms with E-state index in [1.54, 1.807) is 42.5 Å². The minimum absolute atomic E-state index is 0.0401. The van der Waals surface area contributed by atoms with Crippen LogP contribution in [0, 0.1) is 0 Å². The molecule has 1 amide bonds. The van der Waals surface area contributed by atoms with Gasteiger partial charge in [0, 0.05) is 25.0 Å². The number of carbonyl (C=O) groups excluding carboxylic acids is 1. The third-order valence-corrected chi connectivity index (χ3v) is 5.81. The fourth-order valence-electron chi connectivity index (χ4n) is 4.07. The Morgan fingerprint density at radius 1 is 0.921 bits per heavy atom. The van der Waals surface area contributed by atoms with E-state index in [9.17, 15) is 27.9 Å². The highest BCUT2D eigenvalue weighted by Gasteiger charge is 2.30. The number of aromatic carboxylic acids is 1. The zero-order chi connectivity index (χ0) is 27.8. The Balaban J connectivity index is 1.86. The molecule has 0 fully saturated rings. The van der Waals surface area contributed by atoms with E-state index >= 15 is 0 Å². The lowest BCUT2D eigenvalue weighted by atomic mass is 10.2. The summed E-state index contributed by atoms with van der Waals surface area (Å²) in [4.78, 5) is 26.1. The zero-order valence-electron chi connectivity index (χ0n) is 21.0. The van der Waals surface area contributed by atoms with Crippen LogP contribution in [0.2, 0.25) is 0 Å². The van der Waals surface area contributed by atoms with Gasteiger partial charge in [0.2, 0.25) is 5.91 Å². The molecule has 4 aromatic rings. The lowest BCUT2D eigenvalue weighted by molar-refractivity contribution is -0.137. The molecule has 3 aromatic carbocycles. The van der Waals surface area contributed by atoms with Crippen LogP contribution in [-0.4, -0.2) is 34.7 Å². The summed E-state index contributed by atoms with van der Waals surface area (Å²) in [6, 6.07) is 15.9. The lowest BCUT2D eigenvalue weighted by Gasteiger charge is -2.16. The van der Waals surface area contributed by atoms with Gasteiger partial charge in [0.1, 0.15) is 17.2 Å². The highest BCUT2D eigenvalue weighted by molar-refractivity contribution is 6.12. The smallest absolute Gasteiger partial charge is 0.416 e.